The summed E-state index contributed by atoms with van der Waals surface area (Å²) in [6.45, 7) is 4.13. The summed E-state index contributed by atoms with van der Waals surface area (Å²) in [4.78, 5) is 25.0. The van der Waals surface area contributed by atoms with Crippen LogP contribution in [0.3, 0.4) is 0 Å². The lowest BCUT2D eigenvalue weighted by Gasteiger charge is -2.40. The number of esters is 1. The van der Waals surface area contributed by atoms with Gasteiger partial charge in [-0.25, -0.2) is 0 Å². The molecule has 11 heteroatoms. The number of carbonyl (C=O) groups excluding carboxylic acids is 2. The van der Waals surface area contributed by atoms with Crippen LogP contribution in [0.5, 0.6) is 0 Å². The normalized spacial score (nSPS) is 20.5. The summed E-state index contributed by atoms with van der Waals surface area (Å²) in [6.07, 6.45) is 39.1. The molecule has 0 aromatic rings. The van der Waals surface area contributed by atoms with Gasteiger partial charge in [-0.15, -0.1) is 0 Å². The number of carbonyl (C=O) groups is 2. The van der Waals surface area contributed by atoms with Crippen LogP contribution in [-0.4, -0.2) is 100 Å². The Morgan fingerprint density at radius 1 is 0.597 bits per heavy atom. The first kappa shape index (κ1) is 57.6. The van der Waals surface area contributed by atoms with Crippen LogP contribution in [0.2, 0.25) is 0 Å². The van der Waals surface area contributed by atoms with E-state index in [1.54, 1.807) is 6.08 Å². The van der Waals surface area contributed by atoms with Crippen molar-refractivity contribution < 1.29 is 49.3 Å². The molecule has 0 saturated carbocycles. The summed E-state index contributed by atoms with van der Waals surface area (Å²) in [7, 11) is 0. The van der Waals surface area contributed by atoms with Crippen LogP contribution in [-0.2, 0) is 23.8 Å². The number of unbranched alkanes of at least 4 members (excludes halogenated alkanes) is 21. The average Bonchev–Trinajstić information content (AvgIpc) is 3.27. The van der Waals surface area contributed by atoms with Crippen molar-refractivity contribution in [3.8, 4) is 0 Å². The minimum Gasteiger partial charge on any atom is -0.466 e. The number of ether oxygens (including phenoxy) is 3. The molecule has 1 aliphatic rings. The molecular weight excluding hydrogens is 787 g/mol. The number of aliphatic hydroxyl groups is 5. The highest BCUT2D eigenvalue weighted by molar-refractivity contribution is 5.76. The van der Waals surface area contributed by atoms with Gasteiger partial charge in [0.15, 0.2) is 6.29 Å². The Bertz CT molecular complexity index is 1170. The molecule has 0 aliphatic carbocycles. The SMILES string of the molecule is CCC/C=C\C/C=C\CCCCCCCC(=O)OCCCCC/C=C\CCCCCCCC(=O)NC(COC1OC(CO)C(O)C(O)C1O)C(O)/C=C/CCCCCCCCC. The van der Waals surface area contributed by atoms with Crippen LogP contribution in [0.1, 0.15) is 200 Å². The number of aliphatic hydroxyl groups excluding tert-OH is 5. The Balaban J connectivity index is 2.18. The van der Waals surface area contributed by atoms with E-state index in [2.05, 4.69) is 55.6 Å². The molecule has 0 aromatic carbocycles. The number of allylic oxidation sites excluding steroid dienone is 7. The fourth-order valence-electron chi connectivity index (χ4n) is 7.35. The van der Waals surface area contributed by atoms with E-state index in [4.69, 9.17) is 14.2 Å². The highest BCUT2D eigenvalue weighted by atomic mass is 16.7. The molecule has 0 aromatic heterocycles. The standard InChI is InChI=1S/C51H91NO10/c1-3-5-7-9-11-13-14-15-19-23-27-31-35-39-47(56)60-40-36-32-28-24-20-17-16-18-22-26-30-34-38-46(55)52-43(44(54)37-33-29-25-21-12-10-8-6-4-2)42-61-51-50(59)49(58)48(57)45(41-53)62-51/h7,9,13-14,17,20,33,37,43-45,48-51,53-54,57-59H,3-6,8,10-12,15-16,18-19,21-32,34-36,38-42H2,1-2H3,(H,52,55)/b9-7-,14-13-,20-17-,37-33+. The summed E-state index contributed by atoms with van der Waals surface area (Å²) < 4.78 is 16.6. The smallest absolute Gasteiger partial charge is 0.305 e. The summed E-state index contributed by atoms with van der Waals surface area (Å²) in [5.74, 6) is -0.276. The maximum atomic E-state index is 12.9. The maximum absolute atomic E-state index is 12.9. The minimum atomic E-state index is -1.58. The third kappa shape index (κ3) is 31.5. The molecule has 360 valence electrons. The van der Waals surface area contributed by atoms with Gasteiger partial charge in [-0.1, -0.05) is 146 Å². The molecule has 1 aliphatic heterocycles. The minimum absolute atomic E-state index is 0.0636. The van der Waals surface area contributed by atoms with Gasteiger partial charge < -0.3 is 45.1 Å². The Labute approximate surface area is 376 Å². The van der Waals surface area contributed by atoms with Crippen LogP contribution in [0.15, 0.2) is 48.6 Å². The zero-order valence-corrected chi connectivity index (χ0v) is 39.1. The fraction of sp³-hybridized carbons (Fsp3) is 0.804. The second-order valence-corrected chi connectivity index (χ2v) is 17.2. The van der Waals surface area contributed by atoms with E-state index in [-0.39, 0.29) is 18.5 Å². The number of rotatable bonds is 41. The number of nitrogens with one attached hydrogen (secondary N) is 1. The maximum Gasteiger partial charge on any atom is 0.305 e. The van der Waals surface area contributed by atoms with Crippen molar-refractivity contribution >= 4 is 11.9 Å². The molecule has 1 saturated heterocycles. The zero-order chi connectivity index (χ0) is 45.3. The second kappa shape index (κ2) is 41.3. The van der Waals surface area contributed by atoms with Gasteiger partial charge in [0.1, 0.15) is 24.4 Å². The van der Waals surface area contributed by atoms with Gasteiger partial charge in [-0.05, 0) is 89.9 Å². The lowest BCUT2D eigenvalue weighted by Crippen LogP contribution is -2.60. The zero-order valence-electron chi connectivity index (χ0n) is 39.1. The molecule has 0 spiro atoms. The van der Waals surface area contributed by atoms with E-state index in [0.717, 1.165) is 109 Å². The lowest BCUT2D eigenvalue weighted by molar-refractivity contribution is -0.302. The highest BCUT2D eigenvalue weighted by Gasteiger charge is 2.44. The quantitative estimate of drug-likeness (QED) is 0.0197. The first-order valence-corrected chi connectivity index (χ1v) is 24.9. The summed E-state index contributed by atoms with van der Waals surface area (Å²) in [5, 5.41) is 54.0. The van der Waals surface area contributed by atoms with Crippen molar-refractivity contribution in [3.63, 3.8) is 0 Å². The molecule has 1 amide bonds. The van der Waals surface area contributed by atoms with Crippen LogP contribution < -0.4 is 5.32 Å². The van der Waals surface area contributed by atoms with Crippen molar-refractivity contribution in [2.75, 3.05) is 19.8 Å². The van der Waals surface area contributed by atoms with Crippen LogP contribution in [0.4, 0.5) is 0 Å². The van der Waals surface area contributed by atoms with Gasteiger partial charge in [0.2, 0.25) is 5.91 Å². The van der Waals surface area contributed by atoms with Gasteiger partial charge in [0.05, 0.1) is 32.0 Å². The molecule has 7 unspecified atom stereocenters. The van der Waals surface area contributed by atoms with Crippen molar-refractivity contribution in [3.05, 3.63) is 48.6 Å². The number of hydrogen-bond acceptors (Lipinski definition) is 10. The van der Waals surface area contributed by atoms with E-state index in [1.807, 2.05) is 6.08 Å². The van der Waals surface area contributed by atoms with Crippen molar-refractivity contribution in [2.45, 2.75) is 243 Å². The molecule has 1 rings (SSSR count). The molecule has 1 heterocycles. The molecule has 1 fully saturated rings. The van der Waals surface area contributed by atoms with Gasteiger partial charge in [0, 0.05) is 12.8 Å². The molecule has 7 atom stereocenters. The lowest BCUT2D eigenvalue weighted by atomic mass is 9.99. The van der Waals surface area contributed by atoms with Gasteiger partial charge in [0.25, 0.3) is 0 Å². The first-order chi connectivity index (χ1) is 30.2. The van der Waals surface area contributed by atoms with E-state index in [1.165, 1.54) is 64.2 Å². The fourth-order valence-corrected chi connectivity index (χ4v) is 7.35. The van der Waals surface area contributed by atoms with E-state index in [9.17, 15) is 35.1 Å². The molecule has 11 nitrogen and oxygen atoms in total. The predicted molar refractivity (Wildman–Crippen MR) is 250 cm³/mol. The summed E-state index contributed by atoms with van der Waals surface area (Å²) >= 11 is 0. The van der Waals surface area contributed by atoms with Gasteiger partial charge in [-0.3, -0.25) is 9.59 Å². The Morgan fingerprint density at radius 3 is 1.71 bits per heavy atom. The number of amides is 1. The summed E-state index contributed by atoms with van der Waals surface area (Å²) in [5.41, 5.74) is 0. The first-order valence-electron chi connectivity index (χ1n) is 24.9. The van der Waals surface area contributed by atoms with Gasteiger partial charge in [-0.2, -0.15) is 0 Å². The average molecular weight is 878 g/mol. The summed E-state index contributed by atoms with van der Waals surface area (Å²) in [6, 6.07) is -0.828. The van der Waals surface area contributed by atoms with Crippen molar-refractivity contribution in [1.82, 2.24) is 5.32 Å². The van der Waals surface area contributed by atoms with Crippen LogP contribution >= 0.6 is 0 Å². The molecule has 0 radical (unpaired) electrons. The van der Waals surface area contributed by atoms with Gasteiger partial charge >= 0.3 is 5.97 Å². The molecule has 6 N–H and O–H groups in total. The Hall–Kier alpha value is -2.38. The van der Waals surface area contributed by atoms with E-state index >= 15 is 0 Å². The Morgan fingerprint density at radius 2 is 1.11 bits per heavy atom. The number of hydrogen-bond donors (Lipinski definition) is 6. The molecular formula is C51H91NO10. The van der Waals surface area contributed by atoms with Crippen LogP contribution in [0.25, 0.3) is 0 Å². The van der Waals surface area contributed by atoms with E-state index in [0.29, 0.717) is 19.4 Å². The van der Waals surface area contributed by atoms with E-state index < -0.39 is 49.5 Å². The Kier molecular flexibility index (Phi) is 38.4. The highest BCUT2D eigenvalue weighted by Crippen LogP contribution is 2.22. The van der Waals surface area contributed by atoms with Crippen molar-refractivity contribution in [1.29, 1.82) is 0 Å². The monoisotopic (exact) mass is 878 g/mol. The molecule has 0 bridgehead atoms. The molecule has 62 heavy (non-hydrogen) atoms. The third-order valence-corrected chi connectivity index (χ3v) is 11.4. The largest absolute Gasteiger partial charge is 0.466 e. The third-order valence-electron chi connectivity index (χ3n) is 11.4. The van der Waals surface area contributed by atoms with Crippen molar-refractivity contribution in [2.24, 2.45) is 0 Å². The predicted octanol–water partition coefficient (Wildman–Crippen LogP) is 9.77. The second-order valence-electron chi connectivity index (χ2n) is 17.2. The van der Waals surface area contributed by atoms with Crippen LogP contribution in [0, 0.1) is 0 Å². The topological polar surface area (TPSA) is 175 Å².